The first kappa shape index (κ1) is 56.5. The minimum absolute atomic E-state index is 0.0677. The molecule has 0 aliphatic rings. The summed E-state index contributed by atoms with van der Waals surface area (Å²) in [5.74, 6) is -1.32. The highest BCUT2D eigenvalue weighted by atomic mass is 16.5. The number of carboxylic acid groups (broad SMARTS) is 1. The molecule has 0 spiro atoms. The Morgan fingerprint density at radius 3 is 1.30 bits per heavy atom. The molecule has 0 saturated heterocycles. The van der Waals surface area contributed by atoms with Crippen molar-refractivity contribution in [2.45, 2.75) is 137 Å². The molecule has 0 aromatic rings. The average Bonchev–Trinajstić information content (AvgIpc) is 3.01. The number of ether oxygens (including phenoxy) is 3. The predicted molar refractivity (Wildman–Crippen MR) is 227 cm³/mol. The zero-order valence-corrected chi connectivity index (χ0v) is 37.2. The molecule has 0 aromatic carbocycles. The quantitative estimate of drug-likeness (QED) is 0.0544. The van der Waals surface area contributed by atoms with E-state index in [1.807, 2.05) is 155 Å². The van der Waals surface area contributed by atoms with Gasteiger partial charge in [-0.1, -0.05) is 104 Å². The summed E-state index contributed by atoms with van der Waals surface area (Å²) in [6.45, 7) is 40.0. The number of rotatable bonds is 16. The number of carbonyl (C=O) groups excluding carboxylic acids is 3. The van der Waals surface area contributed by atoms with Crippen LogP contribution in [0.4, 0.5) is 0 Å². The zero-order valence-electron chi connectivity index (χ0n) is 37.2. The molecular weight excluding hydrogens is 680 g/mol. The van der Waals surface area contributed by atoms with E-state index in [2.05, 4.69) is 6.58 Å². The maximum Gasteiger partial charge on any atom is 0.334 e. The monoisotopic (exact) mass is 757 g/mol. The standard InChI is InChI=1S/3C12H20O2.C10H16O2/c3*1-6-14-12(13)11(10(4)5)8-7-9(2)3;1-7(2)5-6-9(8(3)4)10(11)12/h7H,6,8H2,1-5H3;7-8,10H,6H2,1-5H3;7,11H,4,6,8H2,1-3,5H3;5-6,8H,1-4H3,(H,11,12)/b;11-8+;;9-6+. The first-order valence-corrected chi connectivity index (χ1v) is 18.9. The van der Waals surface area contributed by atoms with Crippen molar-refractivity contribution in [1.82, 2.24) is 0 Å². The number of esters is 3. The van der Waals surface area contributed by atoms with E-state index in [0.717, 1.165) is 27.9 Å². The van der Waals surface area contributed by atoms with Gasteiger partial charge in [-0.2, -0.15) is 0 Å². The lowest BCUT2D eigenvalue weighted by Gasteiger charge is -2.13. The summed E-state index contributed by atoms with van der Waals surface area (Å²) in [6, 6.07) is 0. The van der Waals surface area contributed by atoms with Crippen molar-refractivity contribution >= 4 is 23.9 Å². The Labute approximate surface area is 329 Å². The summed E-state index contributed by atoms with van der Waals surface area (Å²) in [7, 11) is 0. The fourth-order valence-corrected chi connectivity index (χ4v) is 3.85. The molecule has 0 aliphatic carbocycles. The van der Waals surface area contributed by atoms with Gasteiger partial charge in [0.15, 0.2) is 0 Å². The number of carbonyl (C=O) groups is 4. The van der Waals surface area contributed by atoms with E-state index in [1.54, 1.807) is 6.08 Å². The Bertz CT molecular complexity index is 1370. The molecule has 8 heteroatoms. The van der Waals surface area contributed by atoms with Crippen LogP contribution in [0, 0.1) is 17.8 Å². The van der Waals surface area contributed by atoms with Crippen molar-refractivity contribution < 1.29 is 38.5 Å². The third-order valence-electron chi connectivity index (χ3n) is 6.96. The Kier molecular flexibility index (Phi) is 34.9. The molecule has 0 bridgehead atoms. The average molecular weight is 757 g/mol. The molecule has 0 rings (SSSR count). The van der Waals surface area contributed by atoms with Gasteiger partial charge in [-0.15, -0.1) is 0 Å². The number of aliphatic carboxylic acids is 1. The van der Waals surface area contributed by atoms with Crippen LogP contribution in [-0.2, 0) is 33.4 Å². The van der Waals surface area contributed by atoms with E-state index < -0.39 is 5.97 Å². The molecule has 8 nitrogen and oxygen atoms in total. The van der Waals surface area contributed by atoms with E-state index >= 15 is 0 Å². The Morgan fingerprint density at radius 2 is 0.981 bits per heavy atom. The maximum atomic E-state index is 11.5. The highest BCUT2D eigenvalue weighted by Crippen LogP contribution is 2.17. The SMILES string of the molecule is C=C(C)C(CC=C(C)C)C(=O)OCC.CC(C)=C/C=C(/C(=O)O)C(C)C.CCOC(=O)/C(=C/C=C(C)C)C(C)C.CCOC(=O)C(CC=C(C)C)=C(C)C. The molecule has 1 atom stereocenters. The number of carboxylic acids is 1. The molecule has 0 heterocycles. The Hall–Kier alpha value is -4.20. The first-order valence-electron chi connectivity index (χ1n) is 18.9. The molecule has 308 valence electrons. The largest absolute Gasteiger partial charge is 0.478 e. The van der Waals surface area contributed by atoms with Gasteiger partial charge in [-0.05, 0) is 122 Å². The minimum Gasteiger partial charge on any atom is -0.478 e. The number of hydrogen-bond donors (Lipinski definition) is 1. The molecule has 54 heavy (non-hydrogen) atoms. The third-order valence-corrected chi connectivity index (χ3v) is 6.96. The van der Waals surface area contributed by atoms with Gasteiger partial charge in [0.05, 0.1) is 25.7 Å². The van der Waals surface area contributed by atoms with Gasteiger partial charge in [0.1, 0.15) is 0 Å². The van der Waals surface area contributed by atoms with Gasteiger partial charge in [-0.25, -0.2) is 14.4 Å². The minimum atomic E-state index is -0.831. The molecule has 0 aromatic heterocycles. The highest BCUT2D eigenvalue weighted by molar-refractivity contribution is 5.90. The molecule has 0 aliphatic heterocycles. The molecule has 0 fully saturated rings. The van der Waals surface area contributed by atoms with Crippen LogP contribution in [0.2, 0.25) is 0 Å². The van der Waals surface area contributed by atoms with Gasteiger partial charge in [0.25, 0.3) is 0 Å². The van der Waals surface area contributed by atoms with Gasteiger partial charge >= 0.3 is 23.9 Å². The van der Waals surface area contributed by atoms with Crippen molar-refractivity contribution in [3.8, 4) is 0 Å². The van der Waals surface area contributed by atoms with Gasteiger partial charge in [-0.3, -0.25) is 4.79 Å². The fraction of sp³-hybridized carbons (Fsp3) is 0.565. The topological polar surface area (TPSA) is 116 Å². The molecule has 1 unspecified atom stereocenters. The molecule has 0 radical (unpaired) electrons. The van der Waals surface area contributed by atoms with Gasteiger partial charge in [0, 0.05) is 16.7 Å². The van der Waals surface area contributed by atoms with Crippen LogP contribution >= 0.6 is 0 Å². The fourth-order valence-electron chi connectivity index (χ4n) is 3.85. The van der Waals surface area contributed by atoms with Crippen LogP contribution in [0.5, 0.6) is 0 Å². The number of allylic oxidation sites excluding steroid dienone is 11. The van der Waals surface area contributed by atoms with Crippen LogP contribution in [0.1, 0.15) is 137 Å². The summed E-state index contributed by atoms with van der Waals surface area (Å²) in [5, 5.41) is 8.76. The zero-order chi connectivity index (χ0) is 43.1. The van der Waals surface area contributed by atoms with Crippen molar-refractivity contribution in [3.05, 3.63) is 93.2 Å². The van der Waals surface area contributed by atoms with E-state index in [4.69, 9.17) is 19.3 Å². The lowest BCUT2D eigenvalue weighted by Crippen LogP contribution is -2.18. The Morgan fingerprint density at radius 1 is 0.574 bits per heavy atom. The van der Waals surface area contributed by atoms with Crippen LogP contribution in [0.3, 0.4) is 0 Å². The van der Waals surface area contributed by atoms with E-state index in [0.29, 0.717) is 38.2 Å². The summed E-state index contributed by atoms with van der Waals surface area (Å²) in [4.78, 5) is 45.1. The van der Waals surface area contributed by atoms with Crippen LogP contribution in [0.25, 0.3) is 0 Å². The second-order valence-corrected chi connectivity index (χ2v) is 14.4. The van der Waals surface area contributed by atoms with Crippen molar-refractivity contribution in [2.24, 2.45) is 17.8 Å². The van der Waals surface area contributed by atoms with E-state index in [-0.39, 0.29) is 35.7 Å². The number of hydrogen-bond acceptors (Lipinski definition) is 7. The van der Waals surface area contributed by atoms with Crippen molar-refractivity contribution in [2.75, 3.05) is 19.8 Å². The lowest BCUT2D eigenvalue weighted by molar-refractivity contribution is -0.146. The van der Waals surface area contributed by atoms with Crippen molar-refractivity contribution in [3.63, 3.8) is 0 Å². The maximum absolute atomic E-state index is 11.5. The highest BCUT2D eigenvalue weighted by Gasteiger charge is 2.19. The second kappa shape index (κ2) is 33.4. The van der Waals surface area contributed by atoms with Crippen LogP contribution in [-0.4, -0.2) is 48.8 Å². The van der Waals surface area contributed by atoms with E-state index in [9.17, 15) is 19.2 Å². The first-order chi connectivity index (χ1) is 24.9. The predicted octanol–water partition coefficient (Wildman–Crippen LogP) is 12.1. The summed E-state index contributed by atoms with van der Waals surface area (Å²) in [5.41, 5.74) is 8.55. The molecule has 0 saturated carbocycles. The summed E-state index contributed by atoms with van der Waals surface area (Å²) >= 11 is 0. The molecule has 1 N–H and O–H groups in total. The second-order valence-electron chi connectivity index (χ2n) is 14.4. The van der Waals surface area contributed by atoms with Crippen LogP contribution < -0.4 is 0 Å². The smallest absolute Gasteiger partial charge is 0.334 e. The third kappa shape index (κ3) is 32.5. The van der Waals surface area contributed by atoms with E-state index in [1.165, 1.54) is 16.7 Å². The Balaban J connectivity index is -0.000000309. The van der Waals surface area contributed by atoms with Gasteiger partial charge < -0.3 is 19.3 Å². The van der Waals surface area contributed by atoms with Gasteiger partial charge in [0.2, 0.25) is 0 Å². The lowest BCUT2D eigenvalue weighted by atomic mass is 9.97. The summed E-state index contributed by atoms with van der Waals surface area (Å²) in [6.07, 6.45) is 12.7. The normalized spacial score (nSPS) is 11.0. The summed E-state index contributed by atoms with van der Waals surface area (Å²) < 4.78 is 14.9. The van der Waals surface area contributed by atoms with Crippen LogP contribution in [0.15, 0.2) is 93.2 Å². The molecular formula is C46H76O8. The molecule has 0 amide bonds. The van der Waals surface area contributed by atoms with Crippen molar-refractivity contribution in [1.29, 1.82) is 0 Å².